The van der Waals surface area contributed by atoms with E-state index >= 15 is 0 Å². The van der Waals surface area contributed by atoms with E-state index in [4.69, 9.17) is 0 Å². The maximum Gasteiger partial charge on any atom is 0.319 e. The van der Waals surface area contributed by atoms with E-state index in [1.165, 1.54) is 18.4 Å². The summed E-state index contributed by atoms with van der Waals surface area (Å²) in [7, 11) is 0. The molecule has 98 valence electrons. The zero-order valence-electron chi connectivity index (χ0n) is 11.2. The van der Waals surface area contributed by atoms with Crippen molar-refractivity contribution >= 4 is 11.7 Å². The fourth-order valence-electron chi connectivity index (χ4n) is 2.39. The van der Waals surface area contributed by atoms with Gasteiger partial charge in [0.05, 0.1) is 0 Å². The van der Waals surface area contributed by atoms with Gasteiger partial charge in [-0.15, -0.1) is 0 Å². The molecule has 3 heteroatoms. The van der Waals surface area contributed by atoms with Crippen LogP contribution in [0.15, 0.2) is 24.3 Å². The topological polar surface area (TPSA) is 41.1 Å². The van der Waals surface area contributed by atoms with Gasteiger partial charge in [0.2, 0.25) is 0 Å². The van der Waals surface area contributed by atoms with E-state index in [0.717, 1.165) is 24.4 Å². The predicted molar refractivity (Wildman–Crippen MR) is 74.8 cm³/mol. The summed E-state index contributed by atoms with van der Waals surface area (Å²) in [6.45, 7) is 4.32. The number of benzene rings is 1. The highest BCUT2D eigenvalue weighted by Crippen LogP contribution is 2.23. The van der Waals surface area contributed by atoms with Gasteiger partial charge in [-0.2, -0.15) is 0 Å². The van der Waals surface area contributed by atoms with Gasteiger partial charge in [0.1, 0.15) is 0 Å². The average molecular weight is 246 g/mol. The van der Waals surface area contributed by atoms with E-state index < -0.39 is 0 Å². The first-order valence-electron chi connectivity index (χ1n) is 6.77. The van der Waals surface area contributed by atoms with Gasteiger partial charge >= 0.3 is 6.03 Å². The van der Waals surface area contributed by atoms with Crippen LogP contribution in [0.25, 0.3) is 0 Å². The molecule has 1 aliphatic carbocycles. The summed E-state index contributed by atoms with van der Waals surface area (Å²) < 4.78 is 0. The molecule has 0 bridgehead atoms. The predicted octanol–water partition coefficient (Wildman–Crippen LogP) is 3.70. The fourth-order valence-corrected chi connectivity index (χ4v) is 2.39. The Kier molecular flexibility index (Phi) is 4.24. The van der Waals surface area contributed by atoms with Crippen LogP contribution in [0, 0.1) is 12.8 Å². The van der Waals surface area contributed by atoms with Crippen LogP contribution < -0.4 is 10.6 Å². The van der Waals surface area contributed by atoms with Crippen molar-refractivity contribution in [1.29, 1.82) is 0 Å². The van der Waals surface area contributed by atoms with Crippen molar-refractivity contribution in [3.8, 4) is 0 Å². The summed E-state index contributed by atoms with van der Waals surface area (Å²) in [4.78, 5) is 11.8. The van der Waals surface area contributed by atoms with Crippen LogP contribution in [-0.4, -0.2) is 12.1 Å². The lowest BCUT2D eigenvalue weighted by molar-refractivity contribution is 0.239. The molecular formula is C15H22N2O. The van der Waals surface area contributed by atoms with Crippen molar-refractivity contribution in [1.82, 2.24) is 5.32 Å². The highest BCUT2D eigenvalue weighted by atomic mass is 16.2. The summed E-state index contributed by atoms with van der Waals surface area (Å²) in [5.41, 5.74) is 2.05. The number of hydrogen-bond acceptors (Lipinski definition) is 1. The van der Waals surface area contributed by atoms with Crippen molar-refractivity contribution in [2.45, 2.75) is 45.6 Å². The van der Waals surface area contributed by atoms with Crippen LogP contribution >= 0.6 is 0 Å². The second-order valence-electron chi connectivity index (χ2n) is 5.42. The van der Waals surface area contributed by atoms with E-state index in [1.54, 1.807) is 0 Å². The lowest BCUT2D eigenvalue weighted by atomic mass is 9.87. The highest BCUT2D eigenvalue weighted by molar-refractivity contribution is 5.89. The lowest BCUT2D eigenvalue weighted by Gasteiger charge is -2.26. The molecule has 1 aliphatic rings. The quantitative estimate of drug-likeness (QED) is 0.821. The Morgan fingerprint density at radius 1 is 1.11 bits per heavy atom. The Morgan fingerprint density at radius 3 is 2.33 bits per heavy atom. The van der Waals surface area contributed by atoms with Crippen molar-refractivity contribution in [2.75, 3.05) is 5.32 Å². The van der Waals surface area contributed by atoms with Crippen molar-refractivity contribution in [3.63, 3.8) is 0 Å². The van der Waals surface area contributed by atoms with E-state index in [0.29, 0.717) is 6.04 Å². The second kappa shape index (κ2) is 5.89. The molecule has 2 amide bonds. The van der Waals surface area contributed by atoms with Gasteiger partial charge in [-0.25, -0.2) is 4.79 Å². The molecule has 0 heterocycles. The third-order valence-corrected chi connectivity index (χ3v) is 3.66. The molecule has 3 nitrogen and oxygen atoms in total. The fraction of sp³-hybridized carbons (Fsp3) is 0.533. The number of carbonyl (C=O) groups is 1. The van der Waals surface area contributed by atoms with Gasteiger partial charge < -0.3 is 10.6 Å². The first-order chi connectivity index (χ1) is 8.63. The lowest BCUT2D eigenvalue weighted by Crippen LogP contribution is -2.39. The smallest absolute Gasteiger partial charge is 0.319 e. The molecule has 1 saturated carbocycles. The molecule has 0 spiro atoms. The third-order valence-electron chi connectivity index (χ3n) is 3.66. The Balaban J connectivity index is 1.80. The normalized spacial score (nSPS) is 23.4. The molecule has 0 aliphatic heterocycles. The zero-order valence-corrected chi connectivity index (χ0v) is 11.2. The molecule has 2 N–H and O–H groups in total. The average Bonchev–Trinajstić information content (AvgIpc) is 2.35. The number of aryl methyl sites for hydroxylation is 1. The Labute approximate surface area is 109 Å². The Bertz CT molecular complexity index is 391. The minimum Gasteiger partial charge on any atom is -0.335 e. The molecule has 0 radical (unpaired) electrons. The van der Waals surface area contributed by atoms with Crippen LogP contribution in [0.2, 0.25) is 0 Å². The summed E-state index contributed by atoms with van der Waals surface area (Å²) in [6, 6.07) is 8.11. The second-order valence-corrected chi connectivity index (χ2v) is 5.42. The highest BCUT2D eigenvalue weighted by Gasteiger charge is 2.19. The summed E-state index contributed by atoms with van der Waals surface area (Å²) >= 11 is 0. The van der Waals surface area contributed by atoms with Crippen molar-refractivity contribution < 1.29 is 4.79 Å². The summed E-state index contributed by atoms with van der Waals surface area (Å²) in [5.74, 6) is 0.809. The number of hydrogen-bond donors (Lipinski definition) is 2. The largest absolute Gasteiger partial charge is 0.335 e. The number of amides is 2. The number of nitrogens with one attached hydrogen (secondary N) is 2. The summed E-state index contributed by atoms with van der Waals surface area (Å²) in [5, 5.41) is 5.93. The molecule has 1 aromatic carbocycles. The van der Waals surface area contributed by atoms with Gasteiger partial charge in [-0.3, -0.25) is 0 Å². The van der Waals surface area contributed by atoms with Crippen molar-refractivity contribution in [3.05, 3.63) is 29.8 Å². The molecule has 18 heavy (non-hydrogen) atoms. The van der Waals surface area contributed by atoms with Crippen LogP contribution in [0.1, 0.15) is 38.2 Å². The maximum atomic E-state index is 11.8. The van der Waals surface area contributed by atoms with Crippen LogP contribution in [-0.2, 0) is 0 Å². The molecule has 1 fully saturated rings. The SMILES string of the molecule is Cc1ccc(NC(=O)NC2CCC(C)CC2)cc1. The van der Waals surface area contributed by atoms with Gasteiger partial charge in [0.15, 0.2) is 0 Å². The number of urea groups is 1. The monoisotopic (exact) mass is 246 g/mol. The summed E-state index contributed by atoms with van der Waals surface area (Å²) in [6.07, 6.45) is 4.63. The first kappa shape index (κ1) is 12.9. The molecule has 2 rings (SSSR count). The van der Waals surface area contributed by atoms with Gasteiger partial charge in [-0.05, 0) is 50.7 Å². The van der Waals surface area contributed by atoms with Gasteiger partial charge in [0.25, 0.3) is 0 Å². The molecular weight excluding hydrogens is 224 g/mol. The molecule has 1 aromatic rings. The van der Waals surface area contributed by atoms with E-state index in [-0.39, 0.29) is 6.03 Å². The minimum absolute atomic E-state index is 0.0848. The maximum absolute atomic E-state index is 11.8. The van der Waals surface area contributed by atoms with Crippen LogP contribution in [0.5, 0.6) is 0 Å². The van der Waals surface area contributed by atoms with Crippen LogP contribution in [0.3, 0.4) is 0 Å². The van der Waals surface area contributed by atoms with E-state index in [1.807, 2.05) is 31.2 Å². The molecule has 0 saturated heterocycles. The Hall–Kier alpha value is -1.51. The van der Waals surface area contributed by atoms with Gasteiger partial charge in [0, 0.05) is 11.7 Å². The van der Waals surface area contributed by atoms with Gasteiger partial charge in [-0.1, -0.05) is 24.6 Å². The molecule has 0 aromatic heterocycles. The first-order valence-corrected chi connectivity index (χ1v) is 6.77. The molecule has 0 atom stereocenters. The Morgan fingerprint density at radius 2 is 1.72 bits per heavy atom. The zero-order chi connectivity index (χ0) is 13.0. The standard InChI is InChI=1S/C15H22N2O/c1-11-3-7-13(8-4-11)16-15(18)17-14-9-5-12(2)6-10-14/h3-4,7-8,12,14H,5-6,9-10H2,1-2H3,(H2,16,17,18). The number of carbonyl (C=O) groups excluding carboxylic acids is 1. The molecule has 0 unspecified atom stereocenters. The number of anilines is 1. The van der Waals surface area contributed by atoms with Crippen molar-refractivity contribution in [2.24, 2.45) is 5.92 Å². The van der Waals surface area contributed by atoms with E-state index in [2.05, 4.69) is 17.6 Å². The third kappa shape index (κ3) is 3.76. The van der Waals surface area contributed by atoms with E-state index in [9.17, 15) is 4.79 Å². The number of rotatable bonds is 2. The van der Waals surface area contributed by atoms with Crippen LogP contribution in [0.4, 0.5) is 10.5 Å². The minimum atomic E-state index is -0.0848.